The van der Waals surface area contributed by atoms with Gasteiger partial charge in [-0.15, -0.1) is 0 Å². The number of H-pyrrole nitrogens is 1. The first kappa shape index (κ1) is 17.8. The number of carbonyl (C=O) groups excluding carboxylic acids is 1. The van der Waals surface area contributed by atoms with Crippen LogP contribution in [-0.2, 0) is 11.2 Å². The van der Waals surface area contributed by atoms with Gasteiger partial charge in [-0.05, 0) is 50.0 Å². The zero-order valence-electron chi connectivity index (χ0n) is 13.4. The van der Waals surface area contributed by atoms with Crippen LogP contribution >= 0.6 is 11.8 Å². The van der Waals surface area contributed by atoms with E-state index in [0.29, 0.717) is 5.75 Å². The minimum atomic E-state index is -0.421. The van der Waals surface area contributed by atoms with Gasteiger partial charge in [0.1, 0.15) is 11.7 Å². The van der Waals surface area contributed by atoms with Gasteiger partial charge in [-0.1, -0.05) is 6.07 Å². The Labute approximate surface area is 139 Å². The van der Waals surface area contributed by atoms with E-state index in [-0.39, 0.29) is 19.2 Å². The molecule has 0 atom stereocenters. The average Bonchev–Trinajstić information content (AvgIpc) is 2.94. The molecule has 0 amide bonds. The van der Waals surface area contributed by atoms with Crippen molar-refractivity contribution in [2.75, 3.05) is 39.8 Å². The summed E-state index contributed by atoms with van der Waals surface area (Å²) < 4.78 is 10.5. The SMILES string of the molecule is CN(C)CCc1c[nH]c2cccc(OC(=O)SCOCCO)c12. The van der Waals surface area contributed by atoms with E-state index in [1.54, 1.807) is 6.07 Å². The van der Waals surface area contributed by atoms with Gasteiger partial charge in [0.15, 0.2) is 0 Å². The van der Waals surface area contributed by atoms with Crippen molar-refractivity contribution in [1.29, 1.82) is 0 Å². The molecule has 0 spiro atoms. The molecule has 7 heteroatoms. The lowest BCUT2D eigenvalue weighted by molar-refractivity contribution is 0.125. The maximum Gasteiger partial charge on any atom is 0.374 e. The second-order valence-corrected chi connectivity index (χ2v) is 6.15. The van der Waals surface area contributed by atoms with Gasteiger partial charge in [-0.3, -0.25) is 0 Å². The number of nitrogens with zero attached hydrogens (tertiary/aromatic N) is 1. The van der Waals surface area contributed by atoms with E-state index in [9.17, 15) is 4.79 Å². The van der Waals surface area contributed by atoms with E-state index in [1.165, 1.54) is 0 Å². The second-order valence-electron chi connectivity index (χ2n) is 5.29. The topological polar surface area (TPSA) is 74.8 Å². The number of aliphatic hydroxyl groups is 1. The first-order valence-electron chi connectivity index (χ1n) is 7.38. The Morgan fingerprint density at radius 1 is 1.39 bits per heavy atom. The Balaban J connectivity index is 2.07. The van der Waals surface area contributed by atoms with E-state index in [1.807, 2.05) is 32.4 Å². The number of benzene rings is 1. The fourth-order valence-corrected chi connectivity index (χ4v) is 2.62. The average molecular weight is 338 g/mol. The van der Waals surface area contributed by atoms with Gasteiger partial charge in [0.2, 0.25) is 0 Å². The van der Waals surface area contributed by atoms with Gasteiger partial charge in [0.25, 0.3) is 0 Å². The van der Waals surface area contributed by atoms with E-state index in [0.717, 1.165) is 41.2 Å². The fourth-order valence-electron chi connectivity index (χ4n) is 2.18. The number of nitrogens with one attached hydrogen (secondary N) is 1. The van der Waals surface area contributed by atoms with Gasteiger partial charge in [0.05, 0.1) is 13.2 Å². The van der Waals surface area contributed by atoms with Crippen molar-refractivity contribution in [3.63, 3.8) is 0 Å². The molecule has 0 unspecified atom stereocenters. The molecule has 1 heterocycles. The van der Waals surface area contributed by atoms with Gasteiger partial charge in [-0.25, -0.2) is 4.79 Å². The summed E-state index contributed by atoms with van der Waals surface area (Å²) in [5.41, 5.74) is 2.07. The molecule has 2 aromatic rings. The quantitative estimate of drug-likeness (QED) is 0.437. The molecule has 0 fully saturated rings. The number of likely N-dealkylation sites (N-methyl/N-ethyl adjacent to an activating group) is 1. The summed E-state index contributed by atoms with van der Waals surface area (Å²) in [6.07, 6.45) is 2.83. The van der Waals surface area contributed by atoms with Crippen LogP contribution in [-0.4, -0.2) is 60.1 Å². The Bertz CT molecular complexity index is 642. The molecule has 0 saturated heterocycles. The molecule has 0 aliphatic carbocycles. The number of rotatable bonds is 8. The smallest absolute Gasteiger partial charge is 0.374 e. The van der Waals surface area contributed by atoms with Crippen LogP contribution in [0.1, 0.15) is 5.56 Å². The molecule has 126 valence electrons. The third-order valence-corrected chi connectivity index (χ3v) is 3.87. The highest BCUT2D eigenvalue weighted by Crippen LogP contribution is 2.30. The maximum atomic E-state index is 11.9. The Morgan fingerprint density at radius 3 is 2.96 bits per heavy atom. The van der Waals surface area contributed by atoms with Gasteiger partial charge >= 0.3 is 5.30 Å². The normalized spacial score (nSPS) is 11.3. The highest BCUT2D eigenvalue weighted by atomic mass is 32.2. The molecular weight excluding hydrogens is 316 g/mol. The van der Waals surface area contributed by atoms with Crippen LogP contribution in [0.4, 0.5) is 4.79 Å². The zero-order valence-corrected chi connectivity index (χ0v) is 14.2. The van der Waals surface area contributed by atoms with E-state index < -0.39 is 5.30 Å². The van der Waals surface area contributed by atoms with Crippen LogP contribution in [0.2, 0.25) is 0 Å². The summed E-state index contributed by atoms with van der Waals surface area (Å²) in [6, 6.07) is 5.61. The number of aliphatic hydroxyl groups excluding tert-OH is 1. The van der Waals surface area contributed by atoms with Crippen LogP contribution in [0.25, 0.3) is 10.9 Å². The Kier molecular flexibility index (Phi) is 6.91. The number of fused-ring (bicyclic) bond motifs is 1. The van der Waals surface area contributed by atoms with Crippen LogP contribution in [0.5, 0.6) is 5.75 Å². The molecule has 2 N–H and O–H groups in total. The highest BCUT2D eigenvalue weighted by molar-refractivity contribution is 8.13. The lowest BCUT2D eigenvalue weighted by atomic mass is 10.1. The van der Waals surface area contributed by atoms with Gasteiger partial charge in [-0.2, -0.15) is 0 Å². The standard InChI is InChI=1S/C16H22N2O4S/c1-18(2)7-6-12-10-17-13-4-3-5-14(15(12)13)22-16(20)23-11-21-9-8-19/h3-5,10,17,19H,6-9,11H2,1-2H3. The van der Waals surface area contributed by atoms with E-state index in [4.69, 9.17) is 14.6 Å². The molecule has 1 aromatic carbocycles. The van der Waals surface area contributed by atoms with Crippen molar-refractivity contribution in [3.8, 4) is 5.75 Å². The number of carbonyl (C=O) groups is 1. The second kappa shape index (κ2) is 8.93. The fraction of sp³-hybridized carbons (Fsp3) is 0.438. The molecule has 6 nitrogen and oxygen atoms in total. The number of aromatic amines is 1. The number of aromatic nitrogens is 1. The minimum Gasteiger partial charge on any atom is -0.418 e. The third kappa shape index (κ3) is 5.24. The lowest BCUT2D eigenvalue weighted by Gasteiger charge is -2.10. The summed E-state index contributed by atoms with van der Waals surface area (Å²) in [5, 5.41) is 9.15. The highest BCUT2D eigenvalue weighted by Gasteiger charge is 2.13. The first-order chi connectivity index (χ1) is 11.1. The maximum absolute atomic E-state index is 11.9. The molecular formula is C16H22N2O4S. The van der Waals surface area contributed by atoms with E-state index in [2.05, 4.69) is 9.88 Å². The number of hydrogen-bond acceptors (Lipinski definition) is 6. The van der Waals surface area contributed by atoms with Crippen LogP contribution in [0.3, 0.4) is 0 Å². The number of thioether (sulfide) groups is 1. The van der Waals surface area contributed by atoms with Crippen molar-refractivity contribution in [2.45, 2.75) is 6.42 Å². The van der Waals surface area contributed by atoms with Crippen molar-refractivity contribution in [1.82, 2.24) is 9.88 Å². The minimum absolute atomic E-state index is 0.0620. The van der Waals surface area contributed by atoms with Gasteiger partial charge in [0, 0.05) is 23.6 Å². The number of ether oxygens (including phenoxy) is 2. The lowest BCUT2D eigenvalue weighted by Crippen LogP contribution is -2.15. The molecule has 23 heavy (non-hydrogen) atoms. The summed E-state index contributed by atoms with van der Waals surface area (Å²) in [5.74, 6) is 0.716. The van der Waals surface area contributed by atoms with Crippen LogP contribution in [0.15, 0.2) is 24.4 Å². The monoisotopic (exact) mass is 338 g/mol. The Hall–Kier alpha value is -1.54. The summed E-state index contributed by atoms with van der Waals surface area (Å²) in [6.45, 7) is 1.06. The van der Waals surface area contributed by atoms with Crippen LogP contribution in [0, 0.1) is 0 Å². The van der Waals surface area contributed by atoms with Crippen molar-refractivity contribution < 1.29 is 19.4 Å². The summed E-state index contributed by atoms with van der Waals surface area (Å²) in [7, 11) is 4.05. The van der Waals surface area contributed by atoms with Crippen molar-refractivity contribution in [3.05, 3.63) is 30.0 Å². The molecule has 0 saturated carbocycles. The van der Waals surface area contributed by atoms with E-state index >= 15 is 0 Å². The van der Waals surface area contributed by atoms with Gasteiger partial charge < -0.3 is 24.5 Å². The molecule has 2 rings (SSSR count). The molecule has 0 aliphatic rings. The van der Waals surface area contributed by atoms with Crippen molar-refractivity contribution in [2.24, 2.45) is 0 Å². The predicted molar refractivity (Wildman–Crippen MR) is 92.1 cm³/mol. The third-order valence-electron chi connectivity index (χ3n) is 3.27. The summed E-state index contributed by atoms with van der Waals surface area (Å²) >= 11 is 0.934. The molecule has 1 aromatic heterocycles. The van der Waals surface area contributed by atoms with Crippen molar-refractivity contribution >= 4 is 28.0 Å². The first-order valence-corrected chi connectivity index (χ1v) is 8.37. The summed E-state index contributed by atoms with van der Waals surface area (Å²) in [4.78, 5) is 17.2. The van der Waals surface area contributed by atoms with Crippen LogP contribution < -0.4 is 4.74 Å². The largest absolute Gasteiger partial charge is 0.418 e. The Morgan fingerprint density at radius 2 is 2.22 bits per heavy atom. The molecule has 0 radical (unpaired) electrons. The predicted octanol–water partition coefficient (Wildman–Crippen LogP) is 2.47. The molecule has 0 bridgehead atoms. The number of hydrogen-bond donors (Lipinski definition) is 2. The molecule has 0 aliphatic heterocycles. The zero-order chi connectivity index (χ0) is 16.7.